The van der Waals surface area contributed by atoms with Gasteiger partial charge in [0.1, 0.15) is 18.8 Å². The van der Waals surface area contributed by atoms with E-state index >= 15 is 0 Å². The van der Waals surface area contributed by atoms with Gasteiger partial charge in [0.05, 0.1) is 5.69 Å². The number of anilines is 1. The van der Waals surface area contributed by atoms with Crippen LogP contribution in [0.5, 0.6) is 0 Å². The number of hydrogen-bond donors (Lipinski definition) is 2. The van der Waals surface area contributed by atoms with Crippen LogP contribution in [0.4, 0.5) is 5.69 Å². The van der Waals surface area contributed by atoms with Gasteiger partial charge in [0, 0.05) is 6.42 Å². The second kappa shape index (κ2) is 6.66. The molecule has 0 unspecified atom stereocenters. The Balaban J connectivity index is 2.46. The van der Waals surface area contributed by atoms with E-state index in [-0.39, 0.29) is 12.1 Å². The summed E-state index contributed by atoms with van der Waals surface area (Å²) in [5.41, 5.74) is 1.19. The molecule has 1 aromatic carbocycles. The zero-order chi connectivity index (χ0) is 16.1. The zero-order valence-electron chi connectivity index (χ0n) is 11.6. The van der Waals surface area contributed by atoms with E-state index in [1.807, 2.05) is 0 Å². The molecule has 0 aliphatic carbocycles. The number of benzene rings is 1. The average Bonchev–Trinajstić information content (AvgIpc) is 2.46. The fourth-order valence-corrected chi connectivity index (χ4v) is 2.11. The van der Waals surface area contributed by atoms with Crippen molar-refractivity contribution < 1.29 is 24.6 Å². The zero-order valence-corrected chi connectivity index (χ0v) is 11.6. The molecule has 0 spiro atoms. The number of carbonyl (C=O) groups excluding carboxylic acids is 1. The summed E-state index contributed by atoms with van der Waals surface area (Å²) in [6.07, 6.45) is 3.61. The molecule has 1 aromatic rings. The normalized spacial score (nSPS) is 16.1. The molecule has 0 radical (unpaired) electrons. The van der Waals surface area contributed by atoms with E-state index < -0.39 is 30.9 Å². The summed E-state index contributed by atoms with van der Waals surface area (Å²) in [6, 6.07) is 6.89. The molecule has 0 atom stereocenters. The molecule has 114 valence electrons. The molecule has 0 bridgehead atoms. The van der Waals surface area contributed by atoms with Gasteiger partial charge in [-0.05, 0) is 11.6 Å². The van der Waals surface area contributed by atoms with Gasteiger partial charge in [0.15, 0.2) is 0 Å². The van der Waals surface area contributed by atoms with Crippen LogP contribution in [0.25, 0.3) is 6.08 Å². The Morgan fingerprint density at radius 2 is 1.91 bits per heavy atom. The van der Waals surface area contributed by atoms with Crippen LogP contribution in [0.2, 0.25) is 0 Å². The average molecular weight is 302 g/mol. The van der Waals surface area contributed by atoms with E-state index in [0.29, 0.717) is 5.69 Å². The lowest BCUT2D eigenvalue weighted by atomic mass is 10.1. The molecule has 7 nitrogen and oxygen atoms in total. The number of aliphatic imine (C=N–C) groups is 1. The minimum absolute atomic E-state index is 0.0226. The largest absolute Gasteiger partial charge is 0.480 e. The van der Waals surface area contributed by atoms with Gasteiger partial charge in [-0.2, -0.15) is 0 Å². The number of amides is 1. The van der Waals surface area contributed by atoms with Gasteiger partial charge >= 0.3 is 11.9 Å². The second-order valence-electron chi connectivity index (χ2n) is 4.61. The van der Waals surface area contributed by atoms with E-state index in [4.69, 9.17) is 10.2 Å². The quantitative estimate of drug-likeness (QED) is 0.864. The minimum atomic E-state index is -1.16. The highest BCUT2D eigenvalue weighted by Crippen LogP contribution is 2.24. The summed E-state index contributed by atoms with van der Waals surface area (Å²) < 4.78 is 0. The van der Waals surface area contributed by atoms with Crippen molar-refractivity contribution in [3.63, 3.8) is 0 Å². The molecule has 0 saturated carbocycles. The number of carboxylic acids is 2. The molecule has 0 saturated heterocycles. The van der Waals surface area contributed by atoms with Crippen LogP contribution >= 0.6 is 0 Å². The second-order valence-corrected chi connectivity index (χ2v) is 4.61. The molecule has 1 aliphatic rings. The monoisotopic (exact) mass is 302 g/mol. The summed E-state index contributed by atoms with van der Waals surface area (Å²) in [5, 5.41) is 17.7. The van der Waals surface area contributed by atoms with Gasteiger partial charge in [-0.1, -0.05) is 30.4 Å². The van der Waals surface area contributed by atoms with Crippen LogP contribution in [0.3, 0.4) is 0 Å². The van der Waals surface area contributed by atoms with Crippen molar-refractivity contribution >= 4 is 35.3 Å². The van der Waals surface area contributed by atoms with Crippen LogP contribution in [0.1, 0.15) is 12.0 Å². The van der Waals surface area contributed by atoms with E-state index in [0.717, 1.165) is 10.5 Å². The number of para-hydroxylation sites is 1. The van der Waals surface area contributed by atoms with Gasteiger partial charge in [-0.25, -0.2) is 0 Å². The van der Waals surface area contributed by atoms with Crippen molar-refractivity contribution in [1.29, 1.82) is 0 Å². The number of rotatable bonds is 4. The molecule has 22 heavy (non-hydrogen) atoms. The summed E-state index contributed by atoms with van der Waals surface area (Å²) in [5.74, 6) is -2.91. The molecule has 1 amide bonds. The topological polar surface area (TPSA) is 107 Å². The van der Waals surface area contributed by atoms with Gasteiger partial charge in [-0.3, -0.25) is 24.3 Å². The van der Waals surface area contributed by atoms with E-state index in [9.17, 15) is 14.4 Å². The summed E-state index contributed by atoms with van der Waals surface area (Å²) in [4.78, 5) is 39.1. The van der Waals surface area contributed by atoms with Crippen LogP contribution in [-0.4, -0.2) is 46.9 Å². The lowest BCUT2D eigenvalue weighted by Crippen LogP contribution is -2.41. The third-order valence-electron chi connectivity index (χ3n) is 3.03. The molecule has 1 heterocycles. The lowest BCUT2D eigenvalue weighted by Gasteiger charge is -2.24. The van der Waals surface area contributed by atoms with Crippen LogP contribution in [0.15, 0.2) is 35.3 Å². The fourth-order valence-electron chi connectivity index (χ4n) is 2.11. The number of allylic oxidation sites excluding steroid dienone is 1. The van der Waals surface area contributed by atoms with Crippen molar-refractivity contribution in [1.82, 2.24) is 0 Å². The third kappa shape index (κ3) is 3.57. The number of fused-ring (bicyclic) bond motifs is 1. The Labute approximate surface area is 126 Å². The predicted octanol–water partition coefficient (Wildman–Crippen LogP) is 1.05. The molecule has 7 heteroatoms. The highest BCUT2D eigenvalue weighted by Gasteiger charge is 2.25. The molecular formula is C15H14N2O5. The number of carbonyl (C=O) groups is 3. The SMILES string of the molecule is O=C(O)CN=C1CC=Cc2ccccc2N(CC(=O)O)C1=O. The summed E-state index contributed by atoms with van der Waals surface area (Å²) in [7, 11) is 0. The Morgan fingerprint density at radius 1 is 1.18 bits per heavy atom. The highest BCUT2D eigenvalue weighted by atomic mass is 16.4. The molecule has 0 fully saturated rings. The first-order valence-electron chi connectivity index (χ1n) is 6.53. The van der Waals surface area contributed by atoms with Gasteiger partial charge < -0.3 is 10.2 Å². The van der Waals surface area contributed by atoms with Crippen molar-refractivity contribution in [2.24, 2.45) is 4.99 Å². The van der Waals surface area contributed by atoms with Gasteiger partial charge in [-0.15, -0.1) is 0 Å². The van der Waals surface area contributed by atoms with Crippen LogP contribution in [0, 0.1) is 0 Å². The van der Waals surface area contributed by atoms with Crippen molar-refractivity contribution in [3.8, 4) is 0 Å². The molecule has 0 aromatic heterocycles. The maximum atomic E-state index is 12.5. The lowest BCUT2D eigenvalue weighted by molar-refractivity contribution is -0.136. The Bertz CT molecular complexity index is 678. The fraction of sp³-hybridized carbons (Fsp3) is 0.200. The van der Waals surface area contributed by atoms with Gasteiger partial charge in [0.2, 0.25) is 0 Å². The minimum Gasteiger partial charge on any atom is -0.480 e. The van der Waals surface area contributed by atoms with Crippen molar-refractivity contribution in [3.05, 3.63) is 35.9 Å². The number of hydrogen-bond acceptors (Lipinski definition) is 4. The molecule has 1 aliphatic heterocycles. The van der Waals surface area contributed by atoms with E-state index in [1.54, 1.807) is 36.4 Å². The van der Waals surface area contributed by atoms with Gasteiger partial charge in [0.25, 0.3) is 5.91 Å². The number of aliphatic carboxylic acids is 2. The standard InChI is InChI=1S/C15H14N2O5/c18-13(19)8-16-11-6-3-5-10-4-1-2-7-12(10)17(15(11)22)9-14(20)21/h1-5,7H,6,8-9H2,(H,18,19)(H,20,21). The molecule has 2 rings (SSSR count). The molecule has 2 N–H and O–H groups in total. The molecular weight excluding hydrogens is 288 g/mol. The highest BCUT2D eigenvalue weighted by molar-refractivity contribution is 6.44. The van der Waals surface area contributed by atoms with Crippen LogP contribution in [-0.2, 0) is 14.4 Å². The predicted molar refractivity (Wildman–Crippen MR) is 80.0 cm³/mol. The smallest absolute Gasteiger partial charge is 0.325 e. The van der Waals surface area contributed by atoms with E-state index in [2.05, 4.69) is 4.99 Å². The van der Waals surface area contributed by atoms with E-state index in [1.165, 1.54) is 0 Å². The maximum Gasteiger partial charge on any atom is 0.325 e. The summed E-state index contributed by atoms with van der Waals surface area (Å²) >= 11 is 0. The number of nitrogens with zero attached hydrogens (tertiary/aromatic N) is 2. The Kier molecular flexibility index (Phi) is 4.67. The first kappa shape index (κ1) is 15.4. The van der Waals surface area contributed by atoms with Crippen LogP contribution < -0.4 is 4.90 Å². The third-order valence-corrected chi connectivity index (χ3v) is 3.03. The van der Waals surface area contributed by atoms with Crippen molar-refractivity contribution in [2.45, 2.75) is 6.42 Å². The number of carboxylic acid groups (broad SMARTS) is 2. The Morgan fingerprint density at radius 3 is 2.59 bits per heavy atom. The summed E-state index contributed by atoms with van der Waals surface area (Å²) in [6.45, 7) is -1.05. The first-order chi connectivity index (χ1) is 10.5. The maximum absolute atomic E-state index is 12.5. The Hall–Kier alpha value is -2.96. The van der Waals surface area contributed by atoms with Crippen molar-refractivity contribution in [2.75, 3.05) is 18.0 Å². The first-order valence-corrected chi connectivity index (χ1v) is 6.53.